The lowest BCUT2D eigenvalue weighted by Crippen LogP contribution is -2.33. The van der Waals surface area contributed by atoms with Gasteiger partial charge in [0.15, 0.2) is 0 Å². The molecule has 0 aromatic heterocycles. The molecule has 6 nitrogen and oxygen atoms in total. The van der Waals surface area contributed by atoms with E-state index in [0.29, 0.717) is 11.5 Å². The van der Waals surface area contributed by atoms with Gasteiger partial charge in [-0.15, -0.1) is 6.58 Å². The largest absolute Gasteiger partial charge is 0.497 e. The zero-order valence-corrected chi connectivity index (χ0v) is 17.1. The molecule has 0 fully saturated rings. The zero-order valence-electron chi connectivity index (χ0n) is 16.2. The predicted octanol–water partition coefficient (Wildman–Crippen LogP) is 2.97. The lowest BCUT2D eigenvalue weighted by molar-refractivity contribution is 0.219. The van der Waals surface area contributed by atoms with Gasteiger partial charge in [0.25, 0.3) is 0 Å². The smallest absolute Gasteiger partial charge is 0.214 e. The summed E-state index contributed by atoms with van der Waals surface area (Å²) in [5.74, 6) is 1.26. The first-order valence-corrected chi connectivity index (χ1v) is 10.5. The number of nitrogens with zero attached hydrogens (tertiary/aromatic N) is 1. The van der Waals surface area contributed by atoms with Crippen LogP contribution in [0.3, 0.4) is 0 Å². The van der Waals surface area contributed by atoms with Gasteiger partial charge in [-0.25, -0.2) is 8.42 Å². The Hall–Kier alpha value is -2.35. The molecular formula is C21H27NO5S. The second-order valence-corrected chi connectivity index (χ2v) is 8.46. The summed E-state index contributed by atoms with van der Waals surface area (Å²) in [6.45, 7) is 3.94. The van der Waals surface area contributed by atoms with E-state index in [1.165, 1.54) is 10.4 Å². The van der Waals surface area contributed by atoms with Crippen LogP contribution in [-0.4, -0.2) is 43.9 Å². The van der Waals surface area contributed by atoms with Gasteiger partial charge in [0.1, 0.15) is 11.5 Å². The maximum atomic E-state index is 12.9. The normalized spacial score (nSPS) is 12.6. The van der Waals surface area contributed by atoms with Gasteiger partial charge in [-0.2, -0.15) is 4.31 Å². The average molecular weight is 406 g/mol. The molecule has 0 unspecified atom stereocenters. The molecule has 0 spiro atoms. The highest BCUT2D eigenvalue weighted by Crippen LogP contribution is 2.20. The van der Waals surface area contributed by atoms with Gasteiger partial charge in [-0.05, 0) is 41.8 Å². The fourth-order valence-corrected chi connectivity index (χ4v) is 4.13. The molecule has 1 atom stereocenters. The molecule has 0 amide bonds. The molecule has 2 aromatic carbocycles. The second-order valence-electron chi connectivity index (χ2n) is 6.37. The Morgan fingerprint density at radius 3 is 1.75 bits per heavy atom. The lowest BCUT2D eigenvalue weighted by atomic mass is 10.2. The number of sulfonamides is 1. The third-order valence-electron chi connectivity index (χ3n) is 4.37. The summed E-state index contributed by atoms with van der Waals surface area (Å²) in [5, 5.41) is 9.67. The van der Waals surface area contributed by atoms with Crippen molar-refractivity contribution < 1.29 is 23.0 Å². The molecule has 0 aliphatic heterocycles. The highest BCUT2D eigenvalue weighted by Gasteiger charge is 2.23. The molecule has 0 saturated heterocycles. The Morgan fingerprint density at radius 2 is 1.39 bits per heavy atom. The molecule has 1 N–H and O–H groups in total. The predicted molar refractivity (Wildman–Crippen MR) is 110 cm³/mol. The maximum Gasteiger partial charge on any atom is 0.214 e. The summed E-state index contributed by atoms with van der Waals surface area (Å²) in [7, 11) is -0.425. The van der Waals surface area contributed by atoms with Gasteiger partial charge < -0.3 is 14.6 Å². The SMILES string of the molecule is C=C[C@@H](O)CCS(=O)(=O)N(Cc1ccc(OC)cc1)Cc1ccc(OC)cc1. The third kappa shape index (κ3) is 6.37. The zero-order chi connectivity index (χ0) is 20.6. The van der Waals surface area contributed by atoms with E-state index in [-0.39, 0.29) is 25.3 Å². The Labute approximate surface area is 167 Å². The molecule has 0 aliphatic carbocycles. The first kappa shape index (κ1) is 21.9. The van der Waals surface area contributed by atoms with Crippen LogP contribution >= 0.6 is 0 Å². The monoisotopic (exact) mass is 405 g/mol. The van der Waals surface area contributed by atoms with Crippen LogP contribution in [0.5, 0.6) is 11.5 Å². The van der Waals surface area contributed by atoms with Crippen molar-refractivity contribution in [1.82, 2.24) is 4.31 Å². The fraction of sp³-hybridized carbons (Fsp3) is 0.333. The maximum absolute atomic E-state index is 12.9. The van der Waals surface area contributed by atoms with Gasteiger partial charge in [0.05, 0.1) is 26.1 Å². The fourth-order valence-electron chi connectivity index (χ4n) is 2.64. The van der Waals surface area contributed by atoms with Crippen LogP contribution in [0.15, 0.2) is 61.2 Å². The molecular weight excluding hydrogens is 378 g/mol. The van der Waals surface area contributed by atoms with Crippen LogP contribution in [0, 0.1) is 0 Å². The average Bonchev–Trinajstić information content (AvgIpc) is 2.72. The van der Waals surface area contributed by atoms with Crippen LogP contribution in [0.1, 0.15) is 17.5 Å². The summed E-state index contributed by atoms with van der Waals surface area (Å²) in [5.41, 5.74) is 1.70. The van der Waals surface area contributed by atoms with E-state index < -0.39 is 16.1 Å². The van der Waals surface area contributed by atoms with Crippen LogP contribution in [-0.2, 0) is 23.1 Å². The minimum atomic E-state index is -3.59. The van der Waals surface area contributed by atoms with E-state index >= 15 is 0 Å². The van der Waals surface area contributed by atoms with Crippen molar-refractivity contribution in [2.45, 2.75) is 25.6 Å². The van der Waals surface area contributed by atoms with Gasteiger partial charge >= 0.3 is 0 Å². The van der Waals surface area contributed by atoms with E-state index in [0.717, 1.165) is 11.1 Å². The molecule has 7 heteroatoms. The standard InChI is InChI=1S/C21H27NO5S/c1-4-19(23)13-14-28(24,25)22(15-17-5-9-20(26-2)10-6-17)16-18-7-11-21(27-3)12-8-18/h4-12,19,23H,1,13-16H2,2-3H3/t19-/m1/s1. The Bertz CT molecular complexity index is 798. The number of hydrogen-bond acceptors (Lipinski definition) is 5. The van der Waals surface area contributed by atoms with Gasteiger partial charge in [-0.1, -0.05) is 30.3 Å². The molecule has 0 radical (unpaired) electrons. The minimum absolute atomic E-state index is 0.105. The minimum Gasteiger partial charge on any atom is -0.497 e. The topological polar surface area (TPSA) is 76.1 Å². The van der Waals surface area contributed by atoms with Gasteiger partial charge in [0, 0.05) is 13.1 Å². The number of benzene rings is 2. The molecule has 2 rings (SSSR count). The number of methoxy groups -OCH3 is 2. The molecule has 28 heavy (non-hydrogen) atoms. The number of hydrogen-bond donors (Lipinski definition) is 1. The molecule has 2 aromatic rings. The molecule has 0 aliphatic rings. The van der Waals surface area contributed by atoms with Gasteiger partial charge in [-0.3, -0.25) is 0 Å². The van der Waals surface area contributed by atoms with Crippen molar-refractivity contribution in [2.24, 2.45) is 0 Å². The van der Waals surface area contributed by atoms with Crippen LogP contribution in [0.4, 0.5) is 0 Å². The van der Waals surface area contributed by atoms with E-state index in [2.05, 4.69) is 6.58 Å². The van der Waals surface area contributed by atoms with Crippen molar-refractivity contribution >= 4 is 10.0 Å². The third-order valence-corrected chi connectivity index (χ3v) is 6.17. The van der Waals surface area contributed by atoms with Crippen molar-refractivity contribution in [3.05, 3.63) is 72.3 Å². The van der Waals surface area contributed by atoms with Crippen LogP contribution < -0.4 is 9.47 Å². The summed E-state index contributed by atoms with van der Waals surface area (Å²) >= 11 is 0. The van der Waals surface area contributed by atoms with Crippen LogP contribution in [0.2, 0.25) is 0 Å². The summed E-state index contributed by atoms with van der Waals surface area (Å²) in [6, 6.07) is 14.6. The Morgan fingerprint density at radius 1 is 0.964 bits per heavy atom. The highest BCUT2D eigenvalue weighted by molar-refractivity contribution is 7.89. The Kier molecular flexibility index (Phi) is 8.04. The first-order chi connectivity index (χ1) is 13.4. The van der Waals surface area contributed by atoms with Crippen LogP contribution in [0.25, 0.3) is 0 Å². The summed E-state index contributed by atoms with van der Waals surface area (Å²) in [6.07, 6.45) is 0.596. The van der Waals surface area contributed by atoms with E-state index in [9.17, 15) is 13.5 Å². The molecule has 0 saturated carbocycles. The first-order valence-electron chi connectivity index (χ1n) is 8.92. The van der Waals surface area contributed by atoms with Crippen molar-refractivity contribution in [3.63, 3.8) is 0 Å². The quantitative estimate of drug-likeness (QED) is 0.582. The number of ether oxygens (including phenoxy) is 2. The molecule has 0 heterocycles. The van der Waals surface area contributed by atoms with E-state index in [4.69, 9.17) is 9.47 Å². The second kappa shape index (κ2) is 10.3. The number of rotatable bonds is 11. The van der Waals surface area contributed by atoms with E-state index in [1.54, 1.807) is 38.5 Å². The number of aliphatic hydroxyl groups is 1. The van der Waals surface area contributed by atoms with E-state index in [1.807, 2.05) is 24.3 Å². The summed E-state index contributed by atoms with van der Waals surface area (Å²) in [4.78, 5) is 0. The van der Waals surface area contributed by atoms with Crippen molar-refractivity contribution in [1.29, 1.82) is 0 Å². The lowest BCUT2D eigenvalue weighted by Gasteiger charge is -2.23. The Balaban J connectivity index is 2.23. The molecule has 0 bridgehead atoms. The van der Waals surface area contributed by atoms with Gasteiger partial charge in [0.2, 0.25) is 10.0 Å². The van der Waals surface area contributed by atoms with Crippen molar-refractivity contribution in [3.8, 4) is 11.5 Å². The summed E-state index contributed by atoms with van der Waals surface area (Å²) < 4.78 is 37.6. The highest BCUT2D eigenvalue weighted by atomic mass is 32.2. The van der Waals surface area contributed by atoms with Crippen molar-refractivity contribution in [2.75, 3.05) is 20.0 Å². The number of aliphatic hydroxyl groups excluding tert-OH is 1. The molecule has 152 valence electrons.